The van der Waals surface area contributed by atoms with Gasteiger partial charge in [-0.25, -0.2) is 9.97 Å². The fraction of sp³-hybridized carbons (Fsp3) is 0.292. The number of hydrogen-bond acceptors (Lipinski definition) is 11. The van der Waals surface area contributed by atoms with Crippen molar-refractivity contribution in [3.63, 3.8) is 0 Å². The van der Waals surface area contributed by atoms with Crippen molar-refractivity contribution in [1.29, 1.82) is 0 Å². The number of piperazine rings is 1. The Balaban J connectivity index is 1.18. The van der Waals surface area contributed by atoms with Crippen LogP contribution < -0.4 is 30.0 Å². The van der Waals surface area contributed by atoms with Gasteiger partial charge < -0.3 is 19.1 Å². The lowest BCUT2D eigenvalue weighted by Gasteiger charge is -2.35. The summed E-state index contributed by atoms with van der Waals surface area (Å²) in [6.07, 6.45) is 1.23. The van der Waals surface area contributed by atoms with E-state index >= 15 is 0 Å². The lowest BCUT2D eigenvalue weighted by atomic mass is 10.1. The maximum absolute atomic E-state index is 12.2. The second kappa shape index (κ2) is 11.0. The Morgan fingerprint density at radius 1 is 1.05 bits per heavy atom. The number of rotatable bonds is 9. The van der Waals surface area contributed by atoms with Gasteiger partial charge in [0.05, 0.1) is 4.92 Å². The predicted molar refractivity (Wildman–Crippen MR) is 132 cm³/mol. The highest BCUT2D eigenvalue weighted by Crippen LogP contribution is 2.34. The molecule has 0 atom stereocenters. The number of benzene rings is 2. The summed E-state index contributed by atoms with van der Waals surface area (Å²) >= 11 is 0. The maximum atomic E-state index is 12.2. The van der Waals surface area contributed by atoms with Crippen molar-refractivity contribution in [2.45, 2.75) is 6.54 Å². The number of aromatic nitrogens is 2. The first-order valence-electron chi connectivity index (χ1n) is 11.6. The van der Waals surface area contributed by atoms with Crippen LogP contribution in [0.2, 0.25) is 0 Å². The molecule has 5 rings (SSSR count). The van der Waals surface area contributed by atoms with Crippen LogP contribution in [0.1, 0.15) is 5.56 Å². The molecule has 0 bridgehead atoms. The number of hydrazine groups is 1. The minimum Gasteiger partial charge on any atom is -0.484 e. The van der Waals surface area contributed by atoms with E-state index in [2.05, 4.69) is 25.7 Å². The van der Waals surface area contributed by atoms with Crippen LogP contribution in [0, 0.1) is 10.1 Å². The zero-order chi connectivity index (χ0) is 25.6. The molecule has 192 valence electrons. The number of amides is 1. The number of nitro groups is 1. The van der Waals surface area contributed by atoms with Crippen LogP contribution in [0.5, 0.6) is 17.2 Å². The minimum absolute atomic E-state index is 0.106. The Labute approximate surface area is 212 Å². The fourth-order valence-electron chi connectivity index (χ4n) is 4.11. The molecule has 37 heavy (non-hydrogen) atoms. The molecule has 2 aliphatic rings. The van der Waals surface area contributed by atoms with E-state index in [0.717, 1.165) is 23.6 Å². The molecular formula is C24H25N7O6. The van der Waals surface area contributed by atoms with E-state index in [0.29, 0.717) is 31.9 Å². The SMILES string of the molecule is O=C(COc1ccccc1)NNc1ncnc(N2CCN(Cc3ccc4c(c3)OCO4)CC2)c1[N+](=O)[O-]. The second-order valence-electron chi connectivity index (χ2n) is 8.38. The molecule has 0 saturated carbocycles. The van der Waals surface area contributed by atoms with E-state index in [4.69, 9.17) is 14.2 Å². The van der Waals surface area contributed by atoms with Crippen LogP contribution in [0.4, 0.5) is 17.3 Å². The van der Waals surface area contributed by atoms with Gasteiger partial charge in [0, 0.05) is 32.7 Å². The number of anilines is 2. The van der Waals surface area contributed by atoms with Gasteiger partial charge in [-0.3, -0.25) is 30.7 Å². The van der Waals surface area contributed by atoms with Gasteiger partial charge in [-0.05, 0) is 29.8 Å². The van der Waals surface area contributed by atoms with E-state index in [1.165, 1.54) is 6.33 Å². The first-order chi connectivity index (χ1) is 18.1. The number of hydrogen-bond donors (Lipinski definition) is 2. The molecule has 2 aliphatic heterocycles. The fourth-order valence-corrected chi connectivity index (χ4v) is 4.11. The van der Waals surface area contributed by atoms with Gasteiger partial charge >= 0.3 is 5.69 Å². The van der Waals surface area contributed by atoms with Crippen molar-refractivity contribution in [3.8, 4) is 17.2 Å². The van der Waals surface area contributed by atoms with Crippen molar-refractivity contribution in [2.75, 3.05) is 49.9 Å². The molecule has 0 unspecified atom stereocenters. The third-order valence-corrected chi connectivity index (χ3v) is 5.93. The molecule has 1 fully saturated rings. The number of carbonyl (C=O) groups excluding carboxylic acids is 1. The Kier molecular flexibility index (Phi) is 7.12. The number of fused-ring (bicyclic) bond motifs is 1. The van der Waals surface area contributed by atoms with Crippen LogP contribution >= 0.6 is 0 Å². The smallest absolute Gasteiger partial charge is 0.355 e. The van der Waals surface area contributed by atoms with Gasteiger partial charge in [0.2, 0.25) is 18.4 Å². The molecule has 2 aromatic carbocycles. The van der Waals surface area contributed by atoms with Crippen molar-refractivity contribution < 1.29 is 23.9 Å². The second-order valence-corrected chi connectivity index (χ2v) is 8.38. The normalized spacial score (nSPS) is 14.8. The van der Waals surface area contributed by atoms with E-state index in [-0.39, 0.29) is 30.7 Å². The number of nitrogens with one attached hydrogen (secondary N) is 2. The summed E-state index contributed by atoms with van der Waals surface area (Å²) in [6.45, 7) is 3.14. The summed E-state index contributed by atoms with van der Waals surface area (Å²) in [6, 6.07) is 14.7. The van der Waals surface area contributed by atoms with Crippen molar-refractivity contribution in [1.82, 2.24) is 20.3 Å². The summed E-state index contributed by atoms with van der Waals surface area (Å²) in [4.78, 5) is 35.8. The van der Waals surface area contributed by atoms with Crippen LogP contribution in [0.3, 0.4) is 0 Å². The van der Waals surface area contributed by atoms with Crippen molar-refractivity contribution in [2.24, 2.45) is 0 Å². The molecule has 0 spiro atoms. The first-order valence-corrected chi connectivity index (χ1v) is 11.6. The molecule has 3 heterocycles. The summed E-state index contributed by atoms with van der Waals surface area (Å²) in [5, 5.41) is 11.9. The van der Waals surface area contributed by atoms with Crippen LogP contribution in [-0.2, 0) is 11.3 Å². The number of para-hydroxylation sites is 1. The molecule has 3 aromatic rings. The lowest BCUT2D eigenvalue weighted by molar-refractivity contribution is -0.383. The molecule has 2 N–H and O–H groups in total. The third kappa shape index (κ3) is 5.78. The van der Waals surface area contributed by atoms with Gasteiger partial charge in [-0.1, -0.05) is 24.3 Å². The van der Waals surface area contributed by atoms with E-state index in [1.807, 2.05) is 29.2 Å². The van der Waals surface area contributed by atoms with E-state index in [1.54, 1.807) is 24.3 Å². The minimum atomic E-state index is -0.552. The molecule has 0 radical (unpaired) electrons. The molecule has 13 heteroatoms. The zero-order valence-electron chi connectivity index (χ0n) is 19.8. The van der Waals surface area contributed by atoms with Gasteiger partial charge in [0.15, 0.2) is 18.1 Å². The summed E-state index contributed by atoms with van der Waals surface area (Å²) < 4.78 is 16.2. The zero-order valence-corrected chi connectivity index (χ0v) is 19.8. The number of ether oxygens (including phenoxy) is 3. The van der Waals surface area contributed by atoms with Crippen molar-refractivity contribution >= 4 is 23.2 Å². The van der Waals surface area contributed by atoms with Crippen LogP contribution in [-0.4, -0.2) is 65.3 Å². The van der Waals surface area contributed by atoms with E-state index in [9.17, 15) is 14.9 Å². The standard InChI is InChI=1S/C24H25N7O6/c32-21(14-35-18-4-2-1-3-5-18)27-28-23-22(31(33)34)24(26-15-25-23)30-10-8-29(9-11-30)13-17-6-7-19-20(12-17)37-16-36-19/h1-7,12,15H,8-11,13-14,16H2,(H,27,32)(H,25,26,28). The highest BCUT2D eigenvalue weighted by atomic mass is 16.7. The van der Waals surface area contributed by atoms with Crippen LogP contribution in [0.15, 0.2) is 54.9 Å². The average Bonchev–Trinajstić information content (AvgIpc) is 3.39. The molecular weight excluding hydrogens is 482 g/mol. The largest absolute Gasteiger partial charge is 0.484 e. The number of carbonyl (C=O) groups is 1. The Morgan fingerprint density at radius 3 is 2.62 bits per heavy atom. The predicted octanol–water partition coefficient (Wildman–Crippen LogP) is 1.96. The highest BCUT2D eigenvalue weighted by molar-refractivity contribution is 5.80. The highest BCUT2D eigenvalue weighted by Gasteiger charge is 2.29. The van der Waals surface area contributed by atoms with Gasteiger partial charge in [-0.15, -0.1) is 0 Å². The Bertz CT molecular complexity index is 1270. The quantitative estimate of drug-likeness (QED) is 0.324. The lowest BCUT2D eigenvalue weighted by Crippen LogP contribution is -2.46. The van der Waals surface area contributed by atoms with Crippen LogP contribution in [0.25, 0.3) is 0 Å². The molecule has 1 amide bonds. The average molecular weight is 508 g/mol. The molecule has 1 saturated heterocycles. The molecule has 1 aromatic heterocycles. The summed E-state index contributed by atoms with van der Waals surface area (Å²) in [7, 11) is 0. The van der Waals surface area contributed by atoms with E-state index < -0.39 is 10.8 Å². The number of nitrogens with zero attached hydrogens (tertiary/aromatic N) is 5. The third-order valence-electron chi connectivity index (χ3n) is 5.93. The maximum Gasteiger partial charge on any atom is 0.355 e. The van der Waals surface area contributed by atoms with Crippen molar-refractivity contribution in [3.05, 3.63) is 70.5 Å². The topological polar surface area (TPSA) is 144 Å². The monoisotopic (exact) mass is 507 g/mol. The molecule has 0 aliphatic carbocycles. The summed E-state index contributed by atoms with van der Waals surface area (Å²) in [5.41, 5.74) is 5.72. The van der Waals surface area contributed by atoms with Gasteiger partial charge in [0.1, 0.15) is 12.1 Å². The van der Waals surface area contributed by atoms with Gasteiger partial charge in [-0.2, -0.15) is 0 Å². The molecule has 13 nitrogen and oxygen atoms in total. The Morgan fingerprint density at radius 2 is 1.84 bits per heavy atom. The Hall–Kier alpha value is -4.65. The van der Waals surface area contributed by atoms with Gasteiger partial charge in [0.25, 0.3) is 5.91 Å². The summed E-state index contributed by atoms with van der Waals surface area (Å²) in [5.74, 6) is 1.59. The first kappa shape index (κ1) is 24.1.